The predicted molar refractivity (Wildman–Crippen MR) is 74.4 cm³/mol. The molecule has 2 aliphatic heterocycles. The SMILES string of the molecule is C=C(C)CN(C)CCN1CCC(ON2CC2)CC1. The number of hydroxylamine groups is 2. The summed E-state index contributed by atoms with van der Waals surface area (Å²) in [5, 5.41) is 2.07. The van der Waals surface area contributed by atoms with Gasteiger partial charge in [0.1, 0.15) is 0 Å². The van der Waals surface area contributed by atoms with Gasteiger partial charge < -0.3 is 9.80 Å². The van der Waals surface area contributed by atoms with Gasteiger partial charge in [-0.25, -0.2) is 0 Å². The Hall–Kier alpha value is -0.420. The minimum absolute atomic E-state index is 0.469. The summed E-state index contributed by atoms with van der Waals surface area (Å²) >= 11 is 0. The highest BCUT2D eigenvalue weighted by molar-refractivity contribution is 4.91. The van der Waals surface area contributed by atoms with Gasteiger partial charge in [0, 0.05) is 45.8 Å². The number of rotatable bonds is 7. The Balaban J connectivity index is 1.56. The Kier molecular flexibility index (Phi) is 5.18. The Morgan fingerprint density at radius 1 is 1.28 bits per heavy atom. The van der Waals surface area contributed by atoms with E-state index in [0.29, 0.717) is 6.10 Å². The van der Waals surface area contributed by atoms with Gasteiger partial charge >= 0.3 is 0 Å². The van der Waals surface area contributed by atoms with E-state index in [-0.39, 0.29) is 0 Å². The highest BCUT2D eigenvalue weighted by atomic mass is 16.7. The summed E-state index contributed by atoms with van der Waals surface area (Å²) in [5.74, 6) is 0. The summed E-state index contributed by atoms with van der Waals surface area (Å²) < 4.78 is 0. The molecule has 0 radical (unpaired) electrons. The molecule has 4 nitrogen and oxygen atoms in total. The van der Waals surface area contributed by atoms with Crippen molar-refractivity contribution in [3.63, 3.8) is 0 Å². The van der Waals surface area contributed by atoms with Crippen LogP contribution in [0.4, 0.5) is 0 Å². The molecule has 0 atom stereocenters. The normalized spacial score (nSPS) is 22.6. The molecular formula is C14H27N3O. The first-order valence-electron chi connectivity index (χ1n) is 7.10. The molecule has 2 heterocycles. The topological polar surface area (TPSA) is 18.7 Å². The van der Waals surface area contributed by atoms with Crippen molar-refractivity contribution in [1.29, 1.82) is 0 Å². The first kappa shape index (κ1) is 14.0. The van der Waals surface area contributed by atoms with Crippen molar-refractivity contribution in [2.45, 2.75) is 25.9 Å². The number of hydrogen-bond acceptors (Lipinski definition) is 4. The van der Waals surface area contributed by atoms with E-state index in [1.807, 2.05) is 0 Å². The van der Waals surface area contributed by atoms with Crippen molar-refractivity contribution < 1.29 is 4.84 Å². The average Bonchev–Trinajstić information content (AvgIpc) is 3.11. The molecule has 104 valence electrons. The largest absolute Gasteiger partial charge is 0.302 e. The van der Waals surface area contributed by atoms with Gasteiger partial charge in [-0.15, -0.1) is 0 Å². The second-order valence-electron chi connectivity index (χ2n) is 5.77. The van der Waals surface area contributed by atoms with E-state index >= 15 is 0 Å². The van der Waals surface area contributed by atoms with Gasteiger partial charge in [-0.1, -0.05) is 12.2 Å². The van der Waals surface area contributed by atoms with Crippen molar-refractivity contribution in [3.8, 4) is 0 Å². The fourth-order valence-corrected chi connectivity index (χ4v) is 2.45. The van der Waals surface area contributed by atoms with Crippen molar-refractivity contribution in [2.75, 3.05) is 52.9 Å². The minimum atomic E-state index is 0.469. The molecule has 4 heteroatoms. The Morgan fingerprint density at radius 3 is 2.50 bits per heavy atom. The molecule has 2 fully saturated rings. The summed E-state index contributed by atoms with van der Waals surface area (Å²) in [6.45, 7) is 14.0. The van der Waals surface area contributed by atoms with Gasteiger partial charge in [0.25, 0.3) is 0 Å². The fraction of sp³-hybridized carbons (Fsp3) is 0.857. The first-order chi connectivity index (χ1) is 8.63. The number of likely N-dealkylation sites (tertiary alicyclic amines) is 1. The van der Waals surface area contributed by atoms with E-state index in [9.17, 15) is 0 Å². The van der Waals surface area contributed by atoms with E-state index in [1.54, 1.807) is 0 Å². The molecule has 0 saturated carbocycles. The molecule has 0 amide bonds. The van der Waals surface area contributed by atoms with Crippen LogP contribution >= 0.6 is 0 Å². The minimum Gasteiger partial charge on any atom is -0.302 e. The van der Waals surface area contributed by atoms with Crippen LogP contribution < -0.4 is 0 Å². The summed E-state index contributed by atoms with van der Waals surface area (Å²) in [4.78, 5) is 10.7. The molecule has 0 unspecified atom stereocenters. The zero-order valence-corrected chi connectivity index (χ0v) is 11.9. The molecule has 0 aromatic heterocycles. The zero-order chi connectivity index (χ0) is 13.0. The predicted octanol–water partition coefficient (Wildman–Crippen LogP) is 1.21. The number of piperidine rings is 1. The van der Waals surface area contributed by atoms with Crippen LogP contribution in [0.1, 0.15) is 19.8 Å². The van der Waals surface area contributed by atoms with Gasteiger partial charge in [-0.3, -0.25) is 4.84 Å². The number of likely N-dealkylation sites (N-methyl/N-ethyl adjacent to an activating group) is 1. The summed E-state index contributed by atoms with van der Waals surface area (Å²) in [5.41, 5.74) is 1.24. The smallest absolute Gasteiger partial charge is 0.0817 e. The molecule has 2 rings (SSSR count). The second kappa shape index (κ2) is 6.66. The molecule has 2 saturated heterocycles. The van der Waals surface area contributed by atoms with Gasteiger partial charge in [0.15, 0.2) is 0 Å². The lowest BCUT2D eigenvalue weighted by Crippen LogP contribution is -2.41. The third-order valence-corrected chi connectivity index (χ3v) is 3.58. The molecule has 2 aliphatic rings. The molecule has 0 aliphatic carbocycles. The van der Waals surface area contributed by atoms with Crippen LogP contribution in [0.25, 0.3) is 0 Å². The van der Waals surface area contributed by atoms with Gasteiger partial charge in [-0.2, -0.15) is 5.06 Å². The molecule has 0 spiro atoms. The molecule has 0 aromatic carbocycles. The second-order valence-corrected chi connectivity index (χ2v) is 5.77. The van der Waals surface area contributed by atoms with E-state index in [0.717, 1.165) is 26.2 Å². The van der Waals surface area contributed by atoms with Gasteiger partial charge in [0.2, 0.25) is 0 Å². The van der Waals surface area contributed by atoms with Crippen LogP contribution in [0.5, 0.6) is 0 Å². The van der Waals surface area contributed by atoms with Crippen LogP contribution in [0.15, 0.2) is 12.2 Å². The molecular weight excluding hydrogens is 226 g/mol. The van der Waals surface area contributed by atoms with Crippen molar-refractivity contribution in [1.82, 2.24) is 14.9 Å². The van der Waals surface area contributed by atoms with Crippen molar-refractivity contribution in [2.24, 2.45) is 0 Å². The first-order valence-corrected chi connectivity index (χ1v) is 7.10. The molecule has 18 heavy (non-hydrogen) atoms. The third kappa shape index (κ3) is 5.06. The third-order valence-electron chi connectivity index (χ3n) is 3.58. The quantitative estimate of drug-likeness (QED) is 0.501. The lowest BCUT2D eigenvalue weighted by molar-refractivity contribution is -0.134. The standard InChI is InChI=1S/C14H27N3O/c1-13(2)12-15(3)8-9-16-6-4-14(5-7-16)18-17-10-11-17/h14H,1,4-12H2,2-3H3. The van der Waals surface area contributed by atoms with E-state index in [2.05, 4.69) is 35.4 Å². The molecule has 0 N–H and O–H groups in total. The Bertz CT molecular complexity index is 270. The van der Waals surface area contributed by atoms with Crippen molar-refractivity contribution in [3.05, 3.63) is 12.2 Å². The van der Waals surface area contributed by atoms with Crippen LogP contribution in [0, 0.1) is 0 Å². The Labute approximate surface area is 111 Å². The number of nitrogens with zero attached hydrogens (tertiary/aromatic N) is 3. The van der Waals surface area contributed by atoms with Crippen LogP contribution in [0.3, 0.4) is 0 Å². The van der Waals surface area contributed by atoms with E-state index < -0.39 is 0 Å². The fourth-order valence-electron chi connectivity index (χ4n) is 2.45. The highest BCUT2D eigenvalue weighted by Gasteiger charge is 2.26. The molecule has 0 aromatic rings. The average molecular weight is 253 g/mol. The maximum atomic E-state index is 5.81. The van der Waals surface area contributed by atoms with E-state index in [4.69, 9.17) is 4.84 Å². The maximum absolute atomic E-state index is 5.81. The van der Waals surface area contributed by atoms with E-state index in [1.165, 1.54) is 38.0 Å². The van der Waals surface area contributed by atoms with Crippen LogP contribution in [0.2, 0.25) is 0 Å². The van der Waals surface area contributed by atoms with Crippen LogP contribution in [-0.4, -0.2) is 73.8 Å². The van der Waals surface area contributed by atoms with Crippen LogP contribution in [-0.2, 0) is 4.84 Å². The number of hydrogen-bond donors (Lipinski definition) is 0. The summed E-state index contributed by atoms with van der Waals surface area (Å²) in [7, 11) is 2.17. The monoisotopic (exact) mass is 253 g/mol. The Morgan fingerprint density at radius 2 is 1.94 bits per heavy atom. The summed E-state index contributed by atoms with van der Waals surface area (Å²) in [6, 6.07) is 0. The van der Waals surface area contributed by atoms with Gasteiger partial charge in [0.05, 0.1) is 6.10 Å². The molecule has 0 bridgehead atoms. The lowest BCUT2D eigenvalue weighted by atomic mass is 10.1. The maximum Gasteiger partial charge on any atom is 0.0817 e. The highest BCUT2D eigenvalue weighted by Crippen LogP contribution is 2.17. The summed E-state index contributed by atoms with van der Waals surface area (Å²) in [6.07, 6.45) is 2.83. The zero-order valence-electron chi connectivity index (χ0n) is 11.9. The lowest BCUT2D eigenvalue weighted by Gasteiger charge is -2.32. The van der Waals surface area contributed by atoms with Crippen molar-refractivity contribution >= 4 is 0 Å². The van der Waals surface area contributed by atoms with Gasteiger partial charge in [-0.05, 0) is 26.8 Å².